The zero-order valence-corrected chi connectivity index (χ0v) is 18.9. The van der Waals surface area contributed by atoms with Gasteiger partial charge in [-0.05, 0) is 71.1 Å². The Morgan fingerprint density at radius 1 is 1.34 bits per heavy atom. The van der Waals surface area contributed by atoms with Crippen molar-refractivity contribution >= 4 is 6.09 Å². The zero-order chi connectivity index (χ0) is 21.4. The van der Waals surface area contributed by atoms with Gasteiger partial charge in [0, 0.05) is 19.6 Å². The highest BCUT2D eigenvalue weighted by atomic mass is 16.6. The van der Waals surface area contributed by atoms with Gasteiger partial charge in [0.05, 0.1) is 17.8 Å². The van der Waals surface area contributed by atoms with Crippen molar-refractivity contribution in [3.63, 3.8) is 0 Å². The highest BCUT2D eigenvalue weighted by Gasteiger charge is 2.66. The van der Waals surface area contributed by atoms with Gasteiger partial charge in [-0.15, -0.1) is 0 Å². The Kier molecular flexibility index (Phi) is 6.38. The van der Waals surface area contributed by atoms with Gasteiger partial charge in [-0.25, -0.2) is 4.79 Å². The number of allylic oxidation sites excluding steroid dienone is 2. The van der Waals surface area contributed by atoms with Crippen LogP contribution in [0.15, 0.2) is 11.6 Å². The van der Waals surface area contributed by atoms with Crippen LogP contribution in [0.2, 0.25) is 0 Å². The monoisotopic (exact) mass is 409 g/mol. The molecule has 0 aromatic rings. The minimum absolute atomic E-state index is 0.111. The Morgan fingerprint density at radius 2 is 2.00 bits per heavy atom. The summed E-state index contributed by atoms with van der Waals surface area (Å²) in [5, 5.41) is 12.5. The van der Waals surface area contributed by atoms with E-state index in [9.17, 15) is 9.90 Å². The van der Waals surface area contributed by atoms with Gasteiger partial charge in [0.15, 0.2) is 0 Å². The van der Waals surface area contributed by atoms with E-state index in [-0.39, 0.29) is 35.7 Å². The molecule has 3 aliphatic rings. The highest BCUT2D eigenvalue weighted by Crippen LogP contribution is 2.62. The fourth-order valence-electron chi connectivity index (χ4n) is 5.63. The molecule has 6 heteroatoms. The van der Waals surface area contributed by atoms with Crippen LogP contribution in [0, 0.1) is 17.3 Å². The molecular weight excluding hydrogens is 370 g/mol. The molecule has 0 aromatic heterocycles. The van der Waals surface area contributed by atoms with Crippen LogP contribution >= 0.6 is 0 Å². The lowest BCUT2D eigenvalue weighted by molar-refractivity contribution is -0.163. The molecule has 29 heavy (non-hydrogen) atoms. The largest absolute Gasteiger partial charge is 0.443 e. The second-order valence-corrected chi connectivity index (χ2v) is 10.6. The van der Waals surface area contributed by atoms with E-state index in [0.717, 1.165) is 38.7 Å². The lowest BCUT2D eigenvalue weighted by Crippen LogP contribution is -2.59. The van der Waals surface area contributed by atoms with Crippen molar-refractivity contribution in [2.24, 2.45) is 17.3 Å². The van der Waals surface area contributed by atoms with Gasteiger partial charge in [-0.2, -0.15) is 0 Å². The van der Waals surface area contributed by atoms with E-state index in [1.54, 1.807) is 21.0 Å². The Labute approximate surface area is 175 Å². The number of rotatable bonds is 7. The second-order valence-electron chi connectivity index (χ2n) is 10.6. The number of amides is 1. The molecule has 1 heterocycles. The molecule has 1 unspecified atom stereocenters. The molecule has 2 saturated carbocycles. The number of ether oxygens (including phenoxy) is 3. The summed E-state index contributed by atoms with van der Waals surface area (Å²) in [7, 11) is 1.72. The number of hydrogen-bond acceptors (Lipinski definition) is 5. The minimum atomic E-state index is -0.972. The maximum absolute atomic E-state index is 12.3. The van der Waals surface area contributed by atoms with Crippen LogP contribution in [0.4, 0.5) is 4.79 Å². The molecule has 1 spiro atoms. The third kappa shape index (κ3) is 5.15. The standard InChI is InChI=1S/C23H39NO5/c1-15(2)7-8-16-11-22(5,12-16)19-18(27-6)17(9-10-23(19)14-28-23)29-20(25)24-13-21(3,4)26/h7,16-19,26H,8-14H2,1-6H3,(H,24,25)/t16?,17-,18-,19-,22?,23?/m1/s1. The third-order valence-corrected chi connectivity index (χ3v) is 6.95. The van der Waals surface area contributed by atoms with Crippen molar-refractivity contribution < 1.29 is 24.1 Å². The fraction of sp³-hybridized carbons (Fsp3) is 0.870. The number of nitrogens with one attached hydrogen (secondary N) is 1. The Morgan fingerprint density at radius 3 is 2.52 bits per heavy atom. The average Bonchev–Trinajstić information content (AvgIpc) is 3.36. The van der Waals surface area contributed by atoms with Crippen molar-refractivity contribution in [3.8, 4) is 0 Å². The third-order valence-electron chi connectivity index (χ3n) is 6.95. The lowest BCUT2D eigenvalue weighted by Gasteiger charge is -2.56. The van der Waals surface area contributed by atoms with Gasteiger partial charge in [0.1, 0.15) is 12.2 Å². The van der Waals surface area contributed by atoms with Gasteiger partial charge >= 0.3 is 6.09 Å². The van der Waals surface area contributed by atoms with Crippen LogP contribution in [-0.4, -0.2) is 54.9 Å². The summed E-state index contributed by atoms with van der Waals surface area (Å²) in [5.74, 6) is 0.934. The number of epoxide rings is 1. The number of alkyl carbamates (subject to hydrolysis) is 1. The molecule has 3 rings (SSSR count). The second kappa shape index (κ2) is 8.20. The number of carbonyl (C=O) groups excluding carboxylic acids is 1. The van der Waals surface area contributed by atoms with Crippen LogP contribution in [0.3, 0.4) is 0 Å². The number of hydrogen-bond donors (Lipinski definition) is 2. The minimum Gasteiger partial charge on any atom is -0.443 e. The molecule has 3 fully saturated rings. The molecule has 166 valence electrons. The van der Waals surface area contributed by atoms with Gasteiger partial charge in [-0.1, -0.05) is 18.6 Å². The van der Waals surface area contributed by atoms with Crippen molar-refractivity contribution in [1.82, 2.24) is 5.32 Å². The van der Waals surface area contributed by atoms with E-state index in [1.807, 2.05) is 0 Å². The Bertz CT molecular complexity index is 624. The first-order valence-electron chi connectivity index (χ1n) is 10.9. The molecule has 1 saturated heterocycles. The van der Waals surface area contributed by atoms with Crippen molar-refractivity contribution in [3.05, 3.63) is 11.6 Å². The normalized spacial score (nSPS) is 38.9. The first kappa shape index (κ1) is 22.6. The number of aliphatic hydroxyl groups is 1. The number of methoxy groups -OCH3 is 1. The zero-order valence-electron chi connectivity index (χ0n) is 18.9. The van der Waals surface area contributed by atoms with Gasteiger partial charge in [-0.3, -0.25) is 0 Å². The summed E-state index contributed by atoms with van der Waals surface area (Å²) in [5.41, 5.74) is 0.433. The summed E-state index contributed by atoms with van der Waals surface area (Å²) < 4.78 is 17.7. The van der Waals surface area contributed by atoms with Crippen molar-refractivity contribution in [2.75, 3.05) is 20.3 Å². The molecule has 4 atom stereocenters. The van der Waals surface area contributed by atoms with E-state index in [4.69, 9.17) is 14.2 Å². The summed E-state index contributed by atoms with van der Waals surface area (Å²) in [6.07, 6.45) is 6.46. The SMILES string of the molecule is CO[C@H]1[C@H](C2(C)CC(CC=C(C)C)C2)C2(CC[C@H]1OC(=O)NCC(C)(C)O)CO2. The van der Waals surface area contributed by atoms with Crippen LogP contribution in [0.25, 0.3) is 0 Å². The Balaban J connectivity index is 1.66. The smallest absolute Gasteiger partial charge is 0.407 e. The maximum Gasteiger partial charge on any atom is 0.407 e. The summed E-state index contributed by atoms with van der Waals surface area (Å²) in [6.45, 7) is 10.9. The molecule has 1 amide bonds. The quantitative estimate of drug-likeness (QED) is 0.494. The van der Waals surface area contributed by atoms with E-state index < -0.39 is 11.7 Å². The first-order valence-corrected chi connectivity index (χ1v) is 10.9. The van der Waals surface area contributed by atoms with Crippen molar-refractivity contribution in [1.29, 1.82) is 0 Å². The summed E-state index contributed by atoms with van der Waals surface area (Å²) in [4.78, 5) is 12.3. The molecule has 2 N–H and O–H groups in total. The van der Waals surface area contributed by atoms with Crippen LogP contribution in [0.1, 0.15) is 66.7 Å². The molecule has 0 radical (unpaired) electrons. The molecule has 0 bridgehead atoms. The molecule has 1 aliphatic heterocycles. The fourth-order valence-corrected chi connectivity index (χ4v) is 5.63. The van der Waals surface area contributed by atoms with Gasteiger partial charge in [0.2, 0.25) is 0 Å². The lowest BCUT2D eigenvalue weighted by atomic mass is 9.50. The van der Waals surface area contributed by atoms with E-state index in [1.165, 1.54) is 5.57 Å². The van der Waals surface area contributed by atoms with Crippen LogP contribution in [0.5, 0.6) is 0 Å². The average molecular weight is 410 g/mol. The van der Waals surface area contributed by atoms with Crippen LogP contribution < -0.4 is 5.32 Å². The first-order chi connectivity index (χ1) is 13.5. The maximum atomic E-state index is 12.3. The van der Waals surface area contributed by atoms with E-state index in [0.29, 0.717) is 5.92 Å². The summed E-state index contributed by atoms with van der Waals surface area (Å²) in [6, 6.07) is 0. The Hall–Kier alpha value is -1.11. The number of carbonyl (C=O) groups is 1. The van der Waals surface area contributed by atoms with Crippen LogP contribution in [-0.2, 0) is 14.2 Å². The molecule has 6 nitrogen and oxygen atoms in total. The predicted molar refractivity (Wildman–Crippen MR) is 112 cm³/mol. The molecule has 0 aromatic carbocycles. The molecule has 2 aliphatic carbocycles. The highest BCUT2D eigenvalue weighted by molar-refractivity contribution is 5.67. The predicted octanol–water partition coefficient (Wildman–Crippen LogP) is 3.82. The van der Waals surface area contributed by atoms with E-state index >= 15 is 0 Å². The van der Waals surface area contributed by atoms with Gasteiger partial charge in [0.25, 0.3) is 0 Å². The molecular formula is C23H39NO5. The van der Waals surface area contributed by atoms with Crippen molar-refractivity contribution in [2.45, 2.75) is 90.1 Å². The topological polar surface area (TPSA) is 80.3 Å². The van der Waals surface area contributed by atoms with Gasteiger partial charge < -0.3 is 24.6 Å². The van der Waals surface area contributed by atoms with E-state index in [2.05, 4.69) is 32.2 Å². The summed E-state index contributed by atoms with van der Waals surface area (Å²) >= 11 is 0.